The quantitative estimate of drug-likeness (QED) is 0.481. The molecule has 0 radical (unpaired) electrons. The van der Waals surface area contributed by atoms with E-state index in [-0.39, 0.29) is 0 Å². The van der Waals surface area contributed by atoms with Crippen LogP contribution in [0, 0.1) is 4.51 Å². The van der Waals surface area contributed by atoms with Gasteiger partial charge in [0, 0.05) is 10.4 Å². The van der Waals surface area contributed by atoms with Crippen LogP contribution in [0.1, 0.15) is 0 Å². The second kappa shape index (κ2) is 4.69. The summed E-state index contributed by atoms with van der Waals surface area (Å²) < 4.78 is 6.32. The van der Waals surface area contributed by atoms with Gasteiger partial charge in [-0.05, 0) is 30.3 Å². The van der Waals surface area contributed by atoms with Gasteiger partial charge in [0.1, 0.15) is 17.7 Å². The monoisotopic (exact) mass is 312 g/mol. The SMILES string of the molecule is S=c1c(-c2nc3ccccc3[nH]2)coc2ccc(Cl)cc12. The van der Waals surface area contributed by atoms with Crippen LogP contribution in [0.15, 0.2) is 53.1 Å². The molecule has 21 heavy (non-hydrogen) atoms. The number of para-hydroxylation sites is 2. The maximum Gasteiger partial charge on any atom is 0.143 e. The van der Waals surface area contributed by atoms with Crippen LogP contribution >= 0.6 is 23.8 Å². The van der Waals surface area contributed by atoms with Gasteiger partial charge in [0.25, 0.3) is 0 Å². The highest BCUT2D eigenvalue weighted by Gasteiger charge is 2.10. The Morgan fingerprint density at radius 3 is 2.86 bits per heavy atom. The summed E-state index contributed by atoms with van der Waals surface area (Å²) >= 11 is 11.6. The van der Waals surface area contributed by atoms with Gasteiger partial charge in [-0.2, -0.15) is 0 Å². The van der Waals surface area contributed by atoms with E-state index in [1.165, 1.54) is 0 Å². The lowest BCUT2D eigenvalue weighted by molar-refractivity contribution is 0.605. The minimum absolute atomic E-state index is 0.630. The van der Waals surface area contributed by atoms with E-state index in [1.54, 1.807) is 12.3 Å². The van der Waals surface area contributed by atoms with E-state index in [4.69, 9.17) is 28.2 Å². The number of hydrogen-bond acceptors (Lipinski definition) is 3. The van der Waals surface area contributed by atoms with E-state index in [0.717, 1.165) is 22.0 Å². The molecule has 0 fully saturated rings. The molecule has 0 saturated carbocycles. The molecule has 0 unspecified atom stereocenters. The summed E-state index contributed by atoms with van der Waals surface area (Å²) in [7, 11) is 0. The largest absolute Gasteiger partial charge is 0.463 e. The summed E-state index contributed by atoms with van der Waals surface area (Å²) in [5.74, 6) is 0.701. The molecule has 0 aliphatic carbocycles. The molecule has 0 aliphatic heterocycles. The number of rotatable bonds is 1. The van der Waals surface area contributed by atoms with Crippen molar-refractivity contribution in [3.63, 3.8) is 0 Å². The molecule has 0 bridgehead atoms. The fraction of sp³-hybridized carbons (Fsp3) is 0. The smallest absolute Gasteiger partial charge is 0.143 e. The van der Waals surface area contributed by atoms with Crippen LogP contribution in [-0.2, 0) is 0 Å². The van der Waals surface area contributed by atoms with Crippen LogP contribution in [0.3, 0.4) is 0 Å². The molecule has 2 aromatic heterocycles. The Morgan fingerprint density at radius 2 is 2.00 bits per heavy atom. The van der Waals surface area contributed by atoms with Crippen molar-refractivity contribution in [3.8, 4) is 11.4 Å². The Balaban J connectivity index is 2.01. The maximum atomic E-state index is 6.04. The average Bonchev–Trinajstić information content (AvgIpc) is 2.92. The third-order valence-electron chi connectivity index (χ3n) is 3.38. The molecule has 2 heterocycles. The number of aromatic amines is 1. The van der Waals surface area contributed by atoms with Gasteiger partial charge in [-0.1, -0.05) is 36.0 Å². The van der Waals surface area contributed by atoms with Gasteiger partial charge in [-0.15, -0.1) is 0 Å². The van der Waals surface area contributed by atoms with E-state index < -0.39 is 0 Å². The topological polar surface area (TPSA) is 41.8 Å². The second-order valence-electron chi connectivity index (χ2n) is 4.72. The number of nitrogens with one attached hydrogen (secondary N) is 1. The van der Waals surface area contributed by atoms with E-state index in [9.17, 15) is 0 Å². The maximum absolute atomic E-state index is 6.04. The highest BCUT2D eigenvalue weighted by Crippen LogP contribution is 2.28. The average molecular weight is 313 g/mol. The summed E-state index contributed by atoms with van der Waals surface area (Å²) in [6.07, 6.45) is 1.64. The highest BCUT2D eigenvalue weighted by atomic mass is 35.5. The molecule has 3 nitrogen and oxygen atoms in total. The fourth-order valence-corrected chi connectivity index (χ4v) is 2.82. The van der Waals surface area contributed by atoms with Gasteiger partial charge >= 0.3 is 0 Å². The third-order valence-corrected chi connectivity index (χ3v) is 4.05. The van der Waals surface area contributed by atoms with E-state index in [1.807, 2.05) is 36.4 Å². The number of halogens is 1. The standard InChI is InChI=1S/C16H9ClN2OS/c17-9-5-6-14-10(7-9)15(21)11(8-20-14)16-18-12-3-1-2-4-13(12)19-16/h1-8H,(H,18,19). The van der Waals surface area contributed by atoms with E-state index in [2.05, 4.69) is 9.97 Å². The molecule has 4 rings (SSSR count). The van der Waals surface area contributed by atoms with Crippen molar-refractivity contribution in [2.75, 3.05) is 0 Å². The Bertz CT molecular complexity index is 1000. The predicted octanol–water partition coefficient (Wildman–Crippen LogP) is 5.36. The molecule has 0 saturated heterocycles. The van der Waals surface area contributed by atoms with Crippen molar-refractivity contribution in [2.45, 2.75) is 0 Å². The van der Waals surface area contributed by atoms with Gasteiger partial charge in [0.05, 0.1) is 21.1 Å². The molecule has 102 valence electrons. The third kappa shape index (κ3) is 2.04. The lowest BCUT2D eigenvalue weighted by Gasteiger charge is -2.02. The Labute approximate surface area is 130 Å². The summed E-state index contributed by atoms with van der Waals surface area (Å²) in [5, 5.41) is 1.45. The number of aromatic nitrogens is 2. The first-order chi connectivity index (χ1) is 10.2. The number of nitrogens with zero attached hydrogens (tertiary/aromatic N) is 1. The van der Waals surface area contributed by atoms with Gasteiger partial charge in [-0.25, -0.2) is 4.98 Å². The van der Waals surface area contributed by atoms with Crippen LogP contribution in [0.4, 0.5) is 0 Å². The minimum atomic E-state index is 0.630. The van der Waals surface area contributed by atoms with E-state index in [0.29, 0.717) is 20.9 Å². The summed E-state index contributed by atoms with van der Waals surface area (Å²) in [6.45, 7) is 0. The van der Waals surface area contributed by atoms with E-state index >= 15 is 0 Å². The number of hydrogen-bond donors (Lipinski definition) is 1. The minimum Gasteiger partial charge on any atom is -0.463 e. The summed E-state index contributed by atoms with van der Waals surface area (Å²) in [6, 6.07) is 13.3. The Morgan fingerprint density at radius 1 is 1.14 bits per heavy atom. The van der Waals surface area contributed by atoms with Gasteiger partial charge in [-0.3, -0.25) is 0 Å². The number of fused-ring (bicyclic) bond motifs is 2. The first-order valence-electron chi connectivity index (χ1n) is 6.38. The zero-order valence-corrected chi connectivity index (χ0v) is 12.3. The number of benzene rings is 2. The normalized spacial score (nSPS) is 11.3. The van der Waals surface area contributed by atoms with Crippen LogP contribution in [0.5, 0.6) is 0 Å². The molecule has 0 amide bonds. The molecule has 0 spiro atoms. The second-order valence-corrected chi connectivity index (χ2v) is 5.57. The molecule has 0 atom stereocenters. The zero-order chi connectivity index (χ0) is 14.4. The lowest BCUT2D eigenvalue weighted by Crippen LogP contribution is -1.84. The van der Waals surface area contributed by atoms with Crippen molar-refractivity contribution in [3.05, 3.63) is 58.3 Å². The zero-order valence-electron chi connectivity index (χ0n) is 10.8. The number of H-pyrrole nitrogens is 1. The van der Waals surface area contributed by atoms with Crippen LogP contribution in [-0.4, -0.2) is 9.97 Å². The van der Waals surface area contributed by atoms with Gasteiger partial charge in [0.2, 0.25) is 0 Å². The van der Waals surface area contributed by atoms with Crippen molar-refractivity contribution >= 4 is 45.8 Å². The first-order valence-corrected chi connectivity index (χ1v) is 7.17. The molecule has 2 aromatic carbocycles. The van der Waals surface area contributed by atoms with Crippen LogP contribution < -0.4 is 0 Å². The lowest BCUT2D eigenvalue weighted by atomic mass is 10.2. The first kappa shape index (κ1) is 12.6. The summed E-state index contributed by atoms with van der Waals surface area (Å²) in [4.78, 5) is 7.82. The number of imidazole rings is 1. The fourth-order valence-electron chi connectivity index (χ4n) is 2.35. The van der Waals surface area contributed by atoms with Crippen molar-refractivity contribution in [1.82, 2.24) is 9.97 Å². The van der Waals surface area contributed by atoms with Crippen molar-refractivity contribution < 1.29 is 4.42 Å². The predicted molar refractivity (Wildman–Crippen MR) is 87.1 cm³/mol. The summed E-state index contributed by atoms with van der Waals surface area (Å²) in [5.41, 5.74) is 3.33. The molecule has 1 N–H and O–H groups in total. The Kier molecular flexibility index (Phi) is 2.80. The van der Waals surface area contributed by atoms with Crippen LogP contribution in [0.25, 0.3) is 33.4 Å². The molecule has 4 aromatic rings. The van der Waals surface area contributed by atoms with Crippen molar-refractivity contribution in [2.24, 2.45) is 0 Å². The molecule has 0 aliphatic rings. The molecule has 5 heteroatoms. The highest BCUT2D eigenvalue weighted by molar-refractivity contribution is 7.71. The van der Waals surface area contributed by atoms with Crippen LogP contribution in [0.2, 0.25) is 5.02 Å². The molecular weight excluding hydrogens is 304 g/mol. The molecular formula is C16H9ClN2OS. The van der Waals surface area contributed by atoms with Gasteiger partial charge in [0.15, 0.2) is 0 Å². The van der Waals surface area contributed by atoms with Gasteiger partial charge < -0.3 is 9.40 Å². The van der Waals surface area contributed by atoms with Crippen molar-refractivity contribution in [1.29, 1.82) is 0 Å². The Hall–Kier alpha value is -2.17.